The Hall–Kier alpha value is -1.15. The molecule has 2 atom stereocenters. The van der Waals surface area contributed by atoms with E-state index >= 15 is 0 Å². The largest absolute Gasteiger partial charge is 0.361 e. The van der Waals surface area contributed by atoms with E-state index in [0.29, 0.717) is 0 Å². The molecule has 0 aromatic heterocycles. The predicted octanol–water partition coefficient (Wildman–Crippen LogP) is 5.17. The zero-order valence-corrected chi connectivity index (χ0v) is 13.2. The third-order valence-corrected chi connectivity index (χ3v) is 4.24. The Kier molecular flexibility index (Phi) is 6.94. The number of hydrogen-bond donors (Lipinski definition) is 0. The van der Waals surface area contributed by atoms with Crippen LogP contribution in [0, 0.1) is 0 Å². The van der Waals surface area contributed by atoms with E-state index in [-0.39, 0.29) is 18.0 Å². The second-order valence-electron chi connectivity index (χ2n) is 6.09. The Morgan fingerprint density at radius 2 is 1.57 bits per heavy atom. The van der Waals surface area contributed by atoms with E-state index < -0.39 is 0 Å². The fourth-order valence-electron chi connectivity index (χ4n) is 2.84. The van der Waals surface area contributed by atoms with Crippen molar-refractivity contribution in [2.45, 2.75) is 76.9 Å². The van der Waals surface area contributed by atoms with Crippen molar-refractivity contribution >= 4 is 5.78 Å². The summed E-state index contributed by atoms with van der Waals surface area (Å²) in [5.74, 6) is 0.153. The molecule has 1 aliphatic rings. The molecule has 1 heterocycles. The van der Waals surface area contributed by atoms with E-state index in [9.17, 15) is 4.79 Å². The SMILES string of the molecule is CCCCCCCCCC[C@@H]1O[C@H]1C(=O)c1ccccc1. The van der Waals surface area contributed by atoms with Crippen molar-refractivity contribution in [2.75, 3.05) is 0 Å². The number of epoxide rings is 1. The smallest absolute Gasteiger partial charge is 0.194 e. The van der Waals surface area contributed by atoms with Gasteiger partial charge in [0, 0.05) is 5.56 Å². The van der Waals surface area contributed by atoms with Crippen LogP contribution in [0.5, 0.6) is 0 Å². The van der Waals surface area contributed by atoms with Crippen LogP contribution in [-0.4, -0.2) is 18.0 Å². The third kappa shape index (κ3) is 5.62. The van der Waals surface area contributed by atoms with Crippen LogP contribution >= 0.6 is 0 Å². The second-order valence-corrected chi connectivity index (χ2v) is 6.09. The second kappa shape index (κ2) is 8.99. The van der Waals surface area contributed by atoms with Gasteiger partial charge in [0.2, 0.25) is 0 Å². The van der Waals surface area contributed by atoms with Crippen LogP contribution in [0.3, 0.4) is 0 Å². The van der Waals surface area contributed by atoms with Gasteiger partial charge in [-0.1, -0.05) is 88.6 Å². The Bertz CT molecular complexity index is 413. The van der Waals surface area contributed by atoms with E-state index in [1.807, 2.05) is 30.3 Å². The summed E-state index contributed by atoms with van der Waals surface area (Å²) in [6.45, 7) is 2.25. The van der Waals surface area contributed by atoms with Crippen molar-refractivity contribution in [3.63, 3.8) is 0 Å². The summed E-state index contributed by atoms with van der Waals surface area (Å²) in [4.78, 5) is 12.1. The molecule has 21 heavy (non-hydrogen) atoms. The maximum Gasteiger partial charge on any atom is 0.194 e. The number of carbonyl (C=O) groups is 1. The van der Waals surface area contributed by atoms with Crippen molar-refractivity contribution in [3.8, 4) is 0 Å². The molecular weight excluding hydrogens is 260 g/mol. The van der Waals surface area contributed by atoms with Crippen LogP contribution in [0.2, 0.25) is 0 Å². The van der Waals surface area contributed by atoms with Gasteiger partial charge in [-0.2, -0.15) is 0 Å². The number of hydrogen-bond acceptors (Lipinski definition) is 2. The Morgan fingerprint density at radius 3 is 2.24 bits per heavy atom. The lowest BCUT2D eigenvalue weighted by Gasteiger charge is -2.00. The summed E-state index contributed by atoms with van der Waals surface area (Å²) in [5.41, 5.74) is 0.779. The van der Waals surface area contributed by atoms with E-state index in [1.165, 1.54) is 51.4 Å². The Labute approximate surface area is 128 Å². The van der Waals surface area contributed by atoms with Gasteiger partial charge in [-0.15, -0.1) is 0 Å². The fourth-order valence-corrected chi connectivity index (χ4v) is 2.84. The lowest BCUT2D eigenvalue weighted by atomic mass is 10.0. The number of carbonyl (C=O) groups excluding carboxylic acids is 1. The quantitative estimate of drug-likeness (QED) is 0.319. The van der Waals surface area contributed by atoms with Gasteiger partial charge in [-0.25, -0.2) is 0 Å². The van der Waals surface area contributed by atoms with Crippen molar-refractivity contribution in [3.05, 3.63) is 35.9 Å². The number of Topliss-reactive ketones (excluding diaryl/α,β-unsaturated/α-hetero) is 1. The van der Waals surface area contributed by atoms with Crippen LogP contribution in [0.25, 0.3) is 0 Å². The van der Waals surface area contributed by atoms with Gasteiger partial charge in [-0.05, 0) is 6.42 Å². The summed E-state index contributed by atoms with van der Waals surface area (Å²) in [6.07, 6.45) is 11.7. The van der Waals surface area contributed by atoms with Gasteiger partial charge in [0.1, 0.15) is 6.10 Å². The van der Waals surface area contributed by atoms with Crippen LogP contribution in [0.4, 0.5) is 0 Å². The summed E-state index contributed by atoms with van der Waals surface area (Å²) in [5, 5.41) is 0. The fraction of sp³-hybridized carbons (Fsp3) is 0.632. The Morgan fingerprint density at radius 1 is 0.952 bits per heavy atom. The minimum atomic E-state index is -0.169. The van der Waals surface area contributed by atoms with E-state index in [2.05, 4.69) is 6.92 Å². The van der Waals surface area contributed by atoms with Crippen molar-refractivity contribution < 1.29 is 9.53 Å². The monoisotopic (exact) mass is 288 g/mol. The topological polar surface area (TPSA) is 29.6 Å². The number of ether oxygens (including phenoxy) is 1. The van der Waals surface area contributed by atoms with Crippen LogP contribution in [0.1, 0.15) is 75.1 Å². The Balaban J connectivity index is 1.51. The first kappa shape index (κ1) is 16.2. The molecule has 116 valence electrons. The first-order chi connectivity index (χ1) is 10.3. The first-order valence-electron chi connectivity index (χ1n) is 8.57. The summed E-state index contributed by atoms with van der Waals surface area (Å²) in [7, 11) is 0. The van der Waals surface area contributed by atoms with E-state index in [1.54, 1.807) is 0 Å². The highest BCUT2D eigenvalue weighted by atomic mass is 16.6. The highest BCUT2D eigenvalue weighted by Gasteiger charge is 2.44. The maximum atomic E-state index is 12.1. The molecule has 1 fully saturated rings. The molecule has 0 bridgehead atoms. The molecule has 0 aliphatic carbocycles. The molecule has 2 nitrogen and oxygen atoms in total. The van der Waals surface area contributed by atoms with Gasteiger partial charge < -0.3 is 4.74 Å². The molecule has 1 aromatic carbocycles. The van der Waals surface area contributed by atoms with Gasteiger partial charge in [-0.3, -0.25) is 4.79 Å². The first-order valence-corrected chi connectivity index (χ1v) is 8.57. The zero-order valence-electron chi connectivity index (χ0n) is 13.2. The van der Waals surface area contributed by atoms with Gasteiger partial charge in [0.15, 0.2) is 5.78 Å². The molecule has 1 aliphatic heterocycles. The molecule has 0 N–H and O–H groups in total. The molecule has 0 saturated carbocycles. The third-order valence-electron chi connectivity index (χ3n) is 4.24. The normalized spacial score (nSPS) is 20.4. The number of ketones is 1. The van der Waals surface area contributed by atoms with Crippen molar-refractivity contribution in [1.82, 2.24) is 0 Å². The van der Waals surface area contributed by atoms with Gasteiger partial charge in [0.25, 0.3) is 0 Å². The zero-order chi connectivity index (χ0) is 14.9. The molecule has 0 amide bonds. The molecule has 0 unspecified atom stereocenters. The van der Waals surface area contributed by atoms with E-state index in [4.69, 9.17) is 4.74 Å². The minimum Gasteiger partial charge on any atom is -0.361 e. The average molecular weight is 288 g/mol. The molecule has 0 radical (unpaired) electrons. The number of benzene rings is 1. The molecule has 1 aromatic rings. The predicted molar refractivity (Wildman–Crippen MR) is 86.7 cm³/mol. The summed E-state index contributed by atoms with van der Waals surface area (Å²) < 4.78 is 5.54. The summed E-state index contributed by atoms with van der Waals surface area (Å²) >= 11 is 0. The molecule has 1 saturated heterocycles. The number of rotatable bonds is 11. The van der Waals surface area contributed by atoms with Crippen LogP contribution in [-0.2, 0) is 4.74 Å². The molecule has 0 spiro atoms. The van der Waals surface area contributed by atoms with Gasteiger partial charge >= 0.3 is 0 Å². The average Bonchev–Trinajstić information content (AvgIpc) is 3.29. The lowest BCUT2D eigenvalue weighted by molar-refractivity contribution is 0.0953. The van der Waals surface area contributed by atoms with Crippen LogP contribution < -0.4 is 0 Å². The summed E-state index contributed by atoms with van der Waals surface area (Å²) in [6, 6.07) is 9.49. The lowest BCUT2D eigenvalue weighted by Crippen LogP contribution is -2.10. The molecule has 2 rings (SSSR count). The minimum absolute atomic E-state index is 0.153. The number of unbranched alkanes of at least 4 members (excludes halogenated alkanes) is 7. The van der Waals surface area contributed by atoms with Gasteiger partial charge in [0.05, 0.1) is 6.10 Å². The molecular formula is C19H28O2. The standard InChI is InChI=1S/C19H28O2/c1-2-3-4-5-6-7-8-12-15-17-19(21-17)18(20)16-13-10-9-11-14-16/h9-11,13-14,17,19H,2-8,12,15H2,1H3/t17-,19+/m0/s1. The van der Waals surface area contributed by atoms with Crippen molar-refractivity contribution in [1.29, 1.82) is 0 Å². The maximum absolute atomic E-state index is 12.1. The van der Waals surface area contributed by atoms with Crippen LogP contribution in [0.15, 0.2) is 30.3 Å². The highest BCUT2D eigenvalue weighted by molar-refractivity contribution is 6.01. The van der Waals surface area contributed by atoms with E-state index in [0.717, 1.165) is 12.0 Å². The molecule has 2 heteroatoms. The highest BCUT2D eigenvalue weighted by Crippen LogP contribution is 2.30. The van der Waals surface area contributed by atoms with Crippen molar-refractivity contribution in [2.24, 2.45) is 0 Å².